The van der Waals surface area contributed by atoms with Crippen LogP contribution in [0.2, 0.25) is 0 Å². The molecule has 9 heteroatoms. The fourth-order valence-electron chi connectivity index (χ4n) is 2.65. The third-order valence-corrected chi connectivity index (χ3v) is 4.09. The van der Waals surface area contributed by atoms with Crippen molar-refractivity contribution in [2.45, 2.75) is 51.1 Å². The second kappa shape index (κ2) is 6.51. The maximum Gasteiger partial charge on any atom is 0.329 e. The van der Waals surface area contributed by atoms with E-state index in [0.717, 1.165) is 19.3 Å². The molecule has 1 aromatic rings. The summed E-state index contributed by atoms with van der Waals surface area (Å²) < 4.78 is 0. The van der Waals surface area contributed by atoms with E-state index in [1.54, 1.807) is 0 Å². The number of nitrogens with one attached hydrogen (secondary N) is 3. The summed E-state index contributed by atoms with van der Waals surface area (Å²) in [4.78, 5) is 23.5. The molecule has 2 amide bonds. The Kier molecular flexibility index (Phi) is 4.71. The minimum Gasteiger partial charge on any atom is -0.480 e. The van der Waals surface area contributed by atoms with Crippen LogP contribution in [0.5, 0.6) is 0 Å². The SMILES string of the molecule is CCC1CCC(NC(=O)NCc2nn[nH]n2)(C(=O)O)CC1. The zero-order chi connectivity index (χ0) is 15.3. The van der Waals surface area contributed by atoms with Gasteiger partial charge in [-0.2, -0.15) is 5.21 Å². The molecule has 0 spiro atoms. The van der Waals surface area contributed by atoms with Crippen molar-refractivity contribution in [2.75, 3.05) is 0 Å². The minimum atomic E-state index is -1.17. The second-order valence-corrected chi connectivity index (χ2v) is 5.37. The molecular weight excluding hydrogens is 276 g/mol. The summed E-state index contributed by atoms with van der Waals surface area (Å²) in [6.45, 7) is 2.19. The standard InChI is InChI=1S/C12H20N6O3/c1-2-8-3-5-12(6-4-8,10(19)20)14-11(21)13-7-9-15-17-18-16-9/h8H,2-7H2,1H3,(H,19,20)(H2,13,14,21)(H,15,16,17,18). The Hall–Kier alpha value is -2.19. The van der Waals surface area contributed by atoms with E-state index >= 15 is 0 Å². The van der Waals surface area contributed by atoms with Gasteiger partial charge in [0.25, 0.3) is 0 Å². The first kappa shape index (κ1) is 15.2. The van der Waals surface area contributed by atoms with Crippen LogP contribution in [-0.4, -0.2) is 43.3 Å². The highest BCUT2D eigenvalue weighted by Gasteiger charge is 2.42. The number of carboxylic acid groups (broad SMARTS) is 1. The molecule has 0 unspecified atom stereocenters. The smallest absolute Gasteiger partial charge is 0.329 e. The van der Waals surface area contributed by atoms with Gasteiger partial charge in [-0.05, 0) is 31.6 Å². The first-order chi connectivity index (χ1) is 10.1. The van der Waals surface area contributed by atoms with Crippen molar-refractivity contribution >= 4 is 12.0 Å². The normalized spacial score (nSPS) is 25.3. The van der Waals surface area contributed by atoms with E-state index < -0.39 is 17.5 Å². The zero-order valence-corrected chi connectivity index (χ0v) is 11.9. The minimum absolute atomic E-state index is 0.0929. The molecular formula is C12H20N6O3. The second-order valence-electron chi connectivity index (χ2n) is 5.37. The lowest BCUT2D eigenvalue weighted by molar-refractivity contribution is -0.146. The number of carbonyl (C=O) groups is 2. The Morgan fingerprint density at radius 2 is 2.14 bits per heavy atom. The molecule has 1 fully saturated rings. The van der Waals surface area contributed by atoms with Crippen molar-refractivity contribution in [2.24, 2.45) is 5.92 Å². The Morgan fingerprint density at radius 3 is 2.67 bits per heavy atom. The Labute approximate surface area is 121 Å². The highest BCUT2D eigenvalue weighted by molar-refractivity contribution is 5.86. The molecule has 1 heterocycles. The largest absolute Gasteiger partial charge is 0.480 e. The molecule has 0 radical (unpaired) electrons. The van der Waals surface area contributed by atoms with Crippen molar-refractivity contribution in [3.8, 4) is 0 Å². The summed E-state index contributed by atoms with van der Waals surface area (Å²) in [6, 6.07) is -0.530. The number of H-pyrrole nitrogens is 1. The Morgan fingerprint density at radius 1 is 1.43 bits per heavy atom. The maximum absolute atomic E-state index is 11.9. The summed E-state index contributed by atoms with van der Waals surface area (Å²) in [5.41, 5.74) is -1.17. The van der Waals surface area contributed by atoms with Crippen LogP contribution < -0.4 is 10.6 Å². The molecule has 9 nitrogen and oxygen atoms in total. The average molecular weight is 296 g/mol. The third kappa shape index (κ3) is 3.67. The van der Waals surface area contributed by atoms with Gasteiger partial charge >= 0.3 is 12.0 Å². The number of aromatic amines is 1. The highest BCUT2D eigenvalue weighted by Crippen LogP contribution is 2.33. The molecule has 116 valence electrons. The Bertz CT molecular complexity index is 481. The van der Waals surface area contributed by atoms with Gasteiger partial charge in [-0.1, -0.05) is 18.6 Å². The van der Waals surface area contributed by atoms with Crippen LogP contribution in [0.4, 0.5) is 4.79 Å². The monoisotopic (exact) mass is 296 g/mol. The van der Waals surface area contributed by atoms with Crippen molar-refractivity contribution < 1.29 is 14.7 Å². The molecule has 0 bridgehead atoms. The van der Waals surface area contributed by atoms with E-state index in [1.807, 2.05) is 0 Å². The topological polar surface area (TPSA) is 133 Å². The average Bonchev–Trinajstić information content (AvgIpc) is 2.99. The number of hydrogen-bond donors (Lipinski definition) is 4. The van der Waals surface area contributed by atoms with Crippen LogP contribution in [0.25, 0.3) is 0 Å². The number of carbonyl (C=O) groups excluding carboxylic acids is 1. The molecule has 4 N–H and O–H groups in total. The zero-order valence-electron chi connectivity index (χ0n) is 11.9. The van der Waals surface area contributed by atoms with E-state index in [1.165, 1.54) is 0 Å². The molecule has 1 aliphatic carbocycles. The van der Waals surface area contributed by atoms with E-state index in [0.29, 0.717) is 24.6 Å². The number of tetrazole rings is 1. The summed E-state index contributed by atoms with van der Waals surface area (Å²) in [7, 11) is 0. The lowest BCUT2D eigenvalue weighted by Gasteiger charge is -2.37. The van der Waals surface area contributed by atoms with Crippen LogP contribution in [0.1, 0.15) is 44.9 Å². The molecule has 0 aromatic carbocycles. The third-order valence-electron chi connectivity index (χ3n) is 4.09. The van der Waals surface area contributed by atoms with Crippen LogP contribution in [0.3, 0.4) is 0 Å². The molecule has 2 rings (SSSR count). The van der Waals surface area contributed by atoms with Crippen molar-refractivity contribution in [1.82, 2.24) is 31.3 Å². The lowest BCUT2D eigenvalue weighted by Crippen LogP contribution is -2.58. The number of aliphatic carboxylic acids is 1. The van der Waals surface area contributed by atoms with Crippen LogP contribution in [0.15, 0.2) is 0 Å². The maximum atomic E-state index is 11.9. The van der Waals surface area contributed by atoms with Gasteiger partial charge in [0.1, 0.15) is 5.54 Å². The number of carboxylic acids is 1. The van der Waals surface area contributed by atoms with Crippen molar-refractivity contribution in [3.05, 3.63) is 5.82 Å². The van der Waals surface area contributed by atoms with Crippen LogP contribution in [-0.2, 0) is 11.3 Å². The van der Waals surface area contributed by atoms with Crippen molar-refractivity contribution in [3.63, 3.8) is 0 Å². The van der Waals surface area contributed by atoms with Gasteiger partial charge in [0, 0.05) is 0 Å². The van der Waals surface area contributed by atoms with Gasteiger partial charge in [0.2, 0.25) is 0 Å². The number of nitrogens with zero attached hydrogens (tertiary/aromatic N) is 3. The molecule has 1 aliphatic rings. The fraction of sp³-hybridized carbons (Fsp3) is 0.750. The van der Waals surface area contributed by atoms with E-state index in [2.05, 4.69) is 38.2 Å². The predicted molar refractivity (Wildman–Crippen MR) is 72.2 cm³/mol. The number of hydrogen-bond acceptors (Lipinski definition) is 5. The number of aromatic nitrogens is 4. The number of rotatable bonds is 5. The fourth-order valence-corrected chi connectivity index (χ4v) is 2.65. The van der Waals surface area contributed by atoms with Crippen LogP contribution >= 0.6 is 0 Å². The van der Waals surface area contributed by atoms with E-state index in [4.69, 9.17) is 0 Å². The highest BCUT2D eigenvalue weighted by atomic mass is 16.4. The van der Waals surface area contributed by atoms with Gasteiger partial charge < -0.3 is 15.7 Å². The molecule has 1 aromatic heterocycles. The quantitative estimate of drug-likeness (QED) is 0.622. The van der Waals surface area contributed by atoms with Gasteiger partial charge in [-0.3, -0.25) is 0 Å². The van der Waals surface area contributed by atoms with Gasteiger partial charge in [0.15, 0.2) is 5.82 Å². The van der Waals surface area contributed by atoms with E-state index in [-0.39, 0.29) is 6.54 Å². The summed E-state index contributed by atoms with van der Waals surface area (Å²) in [5, 5.41) is 27.7. The molecule has 0 aliphatic heterocycles. The summed E-state index contributed by atoms with van der Waals surface area (Å²) in [6.07, 6.45) is 3.58. The van der Waals surface area contributed by atoms with Crippen LogP contribution in [0, 0.1) is 5.92 Å². The molecule has 0 atom stereocenters. The predicted octanol–water partition coefficient (Wildman–Crippen LogP) is 0.423. The first-order valence-electron chi connectivity index (χ1n) is 7.07. The number of amides is 2. The summed E-state index contributed by atoms with van der Waals surface area (Å²) in [5.74, 6) is -0.0994. The number of urea groups is 1. The van der Waals surface area contributed by atoms with Gasteiger partial charge in [0.05, 0.1) is 6.54 Å². The summed E-state index contributed by atoms with van der Waals surface area (Å²) >= 11 is 0. The van der Waals surface area contributed by atoms with E-state index in [9.17, 15) is 14.7 Å². The lowest BCUT2D eigenvalue weighted by atomic mass is 9.75. The molecule has 21 heavy (non-hydrogen) atoms. The van der Waals surface area contributed by atoms with Crippen molar-refractivity contribution in [1.29, 1.82) is 0 Å². The first-order valence-corrected chi connectivity index (χ1v) is 7.07. The van der Waals surface area contributed by atoms with Gasteiger partial charge in [-0.15, -0.1) is 10.2 Å². The Balaban J connectivity index is 1.90. The molecule has 1 saturated carbocycles. The van der Waals surface area contributed by atoms with Gasteiger partial charge in [-0.25, -0.2) is 9.59 Å². The molecule has 0 saturated heterocycles.